The van der Waals surface area contributed by atoms with Crippen molar-refractivity contribution in [3.05, 3.63) is 29.3 Å². The van der Waals surface area contributed by atoms with Crippen LogP contribution in [0.1, 0.15) is 25.8 Å². The second-order valence-corrected chi connectivity index (χ2v) is 7.91. The molecule has 7 heteroatoms. The van der Waals surface area contributed by atoms with Gasteiger partial charge in [0.05, 0.1) is 13.2 Å². The summed E-state index contributed by atoms with van der Waals surface area (Å²) in [4.78, 5) is 11.5. The van der Waals surface area contributed by atoms with Crippen LogP contribution in [0.15, 0.2) is 28.7 Å². The van der Waals surface area contributed by atoms with Crippen LogP contribution in [0, 0.1) is 5.92 Å². The number of methoxy groups -OCH3 is 1. The van der Waals surface area contributed by atoms with E-state index in [9.17, 15) is 13.2 Å². The third-order valence-electron chi connectivity index (χ3n) is 3.92. The van der Waals surface area contributed by atoms with Gasteiger partial charge in [-0.15, -0.1) is 0 Å². The first-order chi connectivity index (χ1) is 10.7. The van der Waals surface area contributed by atoms with Crippen molar-refractivity contribution >= 4 is 21.8 Å². The molecule has 0 saturated carbocycles. The van der Waals surface area contributed by atoms with Crippen LogP contribution in [0.4, 0.5) is 0 Å². The van der Waals surface area contributed by atoms with Gasteiger partial charge in [0.1, 0.15) is 10.6 Å². The molecule has 23 heavy (non-hydrogen) atoms. The van der Waals surface area contributed by atoms with Crippen LogP contribution < -0.4 is 15.6 Å². The van der Waals surface area contributed by atoms with E-state index in [0.29, 0.717) is 12.2 Å². The van der Waals surface area contributed by atoms with Crippen molar-refractivity contribution in [2.45, 2.75) is 31.2 Å². The lowest BCUT2D eigenvalue weighted by atomic mass is 9.90. The molecule has 1 aromatic carbocycles. The molecule has 2 atom stereocenters. The first-order valence-corrected chi connectivity index (χ1v) is 9.22. The summed E-state index contributed by atoms with van der Waals surface area (Å²) in [6.45, 7) is 3.99. The SMILES string of the molecule is COc1cc(/C=C(\C)C2NNC(=O)CC2C)ccc1S(C)(=O)=O. The fraction of sp³-hybridized carbons (Fsp3) is 0.438. The first kappa shape index (κ1) is 17.5. The summed E-state index contributed by atoms with van der Waals surface area (Å²) in [5, 5.41) is 0. The highest BCUT2D eigenvalue weighted by atomic mass is 32.2. The number of hydrazine groups is 1. The van der Waals surface area contributed by atoms with Gasteiger partial charge in [0, 0.05) is 12.7 Å². The van der Waals surface area contributed by atoms with E-state index >= 15 is 0 Å². The van der Waals surface area contributed by atoms with Crippen molar-refractivity contribution in [3.63, 3.8) is 0 Å². The largest absolute Gasteiger partial charge is 0.495 e. The molecule has 0 bridgehead atoms. The quantitative estimate of drug-likeness (QED) is 0.870. The molecule has 1 heterocycles. The topological polar surface area (TPSA) is 84.5 Å². The molecule has 1 saturated heterocycles. The minimum absolute atomic E-state index is 0.0132. The Balaban J connectivity index is 2.30. The van der Waals surface area contributed by atoms with Gasteiger partial charge in [0.25, 0.3) is 0 Å². The smallest absolute Gasteiger partial charge is 0.234 e. The Hall–Kier alpha value is -1.86. The average Bonchev–Trinajstić information content (AvgIpc) is 2.45. The molecule has 1 aromatic rings. The molecule has 0 aliphatic carbocycles. The maximum Gasteiger partial charge on any atom is 0.234 e. The number of hydrogen-bond donors (Lipinski definition) is 2. The van der Waals surface area contributed by atoms with Crippen molar-refractivity contribution in [2.75, 3.05) is 13.4 Å². The first-order valence-electron chi connectivity index (χ1n) is 7.33. The maximum atomic E-state index is 11.7. The predicted octanol–water partition coefficient (Wildman–Crippen LogP) is 1.53. The van der Waals surface area contributed by atoms with E-state index in [0.717, 1.165) is 17.4 Å². The number of rotatable bonds is 4. The molecule has 2 N–H and O–H groups in total. The summed E-state index contributed by atoms with van der Waals surface area (Å²) in [7, 11) is -1.88. The van der Waals surface area contributed by atoms with E-state index < -0.39 is 9.84 Å². The van der Waals surface area contributed by atoms with Crippen molar-refractivity contribution in [2.24, 2.45) is 5.92 Å². The minimum Gasteiger partial charge on any atom is -0.495 e. The normalized spacial score (nSPS) is 22.6. The second kappa shape index (κ2) is 6.72. The van der Waals surface area contributed by atoms with Crippen molar-refractivity contribution in [3.8, 4) is 5.75 Å². The van der Waals surface area contributed by atoms with Crippen LogP contribution in [0.3, 0.4) is 0 Å². The highest BCUT2D eigenvalue weighted by Gasteiger charge is 2.26. The van der Waals surface area contributed by atoms with Gasteiger partial charge in [-0.05, 0) is 30.5 Å². The molecule has 1 fully saturated rings. The lowest BCUT2D eigenvalue weighted by molar-refractivity contribution is -0.125. The number of hydrogen-bond acceptors (Lipinski definition) is 5. The van der Waals surface area contributed by atoms with E-state index in [1.807, 2.05) is 19.9 Å². The Morgan fingerprint density at radius 3 is 2.65 bits per heavy atom. The molecule has 2 unspecified atom stereocenters. The van der Waals surface area contributed by atoms with Crippen molar-refractivity contribution < 1.29 is 17.9 Å². The Kier molecular flexibility index (Phi) is 5.11. The van der Waals surface area contributed by atoms with Gasteiger partial charge in [-0.25, -0.2) is 13.8 Å². The van der Waals surface area contributed by atoms with Gasteiger partial charge in [0.15, 0.2) is 9.84 Å². The van der Waals surface area contributed by atoms with Crippen LogP contribution >= 0.6 is 0 Å². The molecule has 1 amide bonds. The number of nitrogens with one attached hydrogen (secondary N) is 2. The third-order valence-corrected chi connectivity index (χ3v) is 5.05. The van der Waals surface area contributed by atoms with E-state index in [1.165, 1.54) is 7.11 Å². The van der Waals surface area contributed by atoms with Gasteiger partial charge >= 0.3 is 0 Å². The number of carbonyl (C=O) groups excluding carboxylic acids is 1. The van der Waals surface area contributed by atoms with E-state index in [2.05, 4.69) is 10.9 Å². The standard InChI is InChI=1S/C16H22N2O4S/c1-10(16-11(2)8-15(19)17-18-16)7-12-5-6-14(23(4,20)21)13(9-12)22-3/h5-7,9,11,16,18H,8H2,1-4H3,(H,17,19)/b10-7+. The molecule has 1 aliphatic rings. The lowest BCUT2D eigenvalue weighted by Gasteiger charge is -2.30. The average molecular weight is 338 g/mol. The van der Waals surface area contributed by atoms with Gasteiger partial charge in [-0.2, -0.15) is 0 Å². The summed E-state index contributed by atoms with van der Waals surface area (Å²) in [5.74, 6) is 0.491. The Labute approximate surface area is 136 Å². The molecule has 0 aromatic heterocycles. The van der Waals surface area contributed by atoms with Gasteiger partial charge in [-0.1, -0.05) is 24.6 Å². The van der Waals surface area contributed by atoms with E-state index in [1.54, 1.807) is 18.2 Å². The van der Waals surface area contributed by atoms with Crippen LogP contribution in [-0.4, -0.2) is 33.7 Å². The fourth-order valence-corrected chi connectivity index (χ4v) is 3.58. The molecule has 1 aliphatic heterocycles. The molecule has 0 radical (unpaired) electrons. The van der Waals surface area contributed by atoms with Crippen molar-refractivity contribution in [1.82, 2.24) is 10.9 Å². The molecular weight excluding hydrogens is 316 g/mol. The number of ether oxygens (including phenoxy) is 1. The number of carbonyl (C=O) groups is 1. The minimum atomic E-state index is -3.33. The van der Waals surface area contributed by atoms with E-state index in [-0.39, 0.29) is 22.8 Å². The Morgan fingerprint density at radius 1 is 1.39 bits per heavy atom. The number of benzene rings is 1. The van der Waals surface area contributed by atoms with Gasteiger partial charge in [0.2, 0.25) is 5.91 Å². The monoisotopic (exact) mass is 338 g/mol. The molecule has 6 nitrogen and oxygen atoms in total. The highest BCUT2D eigenvalue weighted by molar-refractivity contribution is 7.90. The van der Waals surface area contributed by atoms with Gasteiger partial charge < -0.3 is 4.74 Å². The zero-order valence-corrected chi connectivity index (χ0v) is 14.5. The zero-order valence-electron chi connectivity index (χ0n) is 13.7. The number of amides is 1. The maximum absolute atomic E-state index is 11.7. The molecule has 0 spiro atoms. The summed E-state index contributed by atoms with van der Waals surface area (Å²) in [6, 6.07) is 5.03. The Bertz CT molecular complexity index is 740. The number of sulfone groups is 1. The summed E-state index contributed by atoms with van der Waals surface area (Å²) >= 11 is 0. The van der Waals surface area contributed by atoms with Gasteiger partial charge in [-0.3, -0.25) is 10.2 Å². The van der Waals surface area contributed by atoms with E-state index in [4.69, 9.17) is 4.74 Å². The summed E-state index contributed by atoms with van der Waals surface area (Å²) in [6.07, 6.45) is 3.58. The predicted molar refractivity (Wildman–Crippen MR) is 88.6 cm³/mol. The lowest BCUT2D eigenvalue weighted by Crippen LogP contribution is -2.53. The zero-order chi connectivity index (χ0) is 17.2. The highest BCUT2D eigenvalue weighted by Crippen LogP contribution is 2.27. The van der Waals surface area contributed by atoms with Crippen LogP contribution in [0.2, 0.25) is 0 Å². The summed E-state index contributed by atoms with van der Waals surface area (Å²) < 4.78 is 28.6. The van der Waals surface area contributed by atoms with Crippen LogP contribution in [-0.2, 0) is 14.6 Å². The van der Waals surface area contributed by atoms with Crippen molar-refractivity contribution in [1.29, 1.82) is 0 Å². The summed E-state index contributed by atoms with van der Waals surface area (Å²) in [5.41, 5.74) is 7.55. The Morgan fingerprint density at radius 2 is 2.09 bits per heavy atom. The molecular formula is C16H22N2O4S. The fourth-order valence-electron chi connectivity index (χ4n) is 2.76. The third kappa shape index (κ3) is 4.11. The molecule has 126 valence electrons. The second-order valence-electron chi connectivity index (χ2n) is 5.92. The van der Waals surface area contributed by atoms with Crippen LogP contribution in [0.5, 0.6) is 5.75 Å². The molecule has 2 rings (SSSR count). The van der Waals surface area contributed by atoms with Crippen LogP contribution in [0.25, 0.3) is 6.08 Å².